The van der Waals surface area contributed by atoms with E-state index in [4.69, 9.17) is 9.84 Å². The van der Waals surface area contributed by atoms with Crippen LogP contribution in [0.1, 0.15) is 29.3 Å². The van der Waals surface area contributed by atoms with Gasteiger partial charge in [-0.3, -0.25) is 4.90 Å². The first kappa shape index (κ1) is 13.1. The molecule has 0 saturated carbocycles. The molecule has 0 fully saturated rings. The maximum absolute atomic E-state index is 11.8. The third kappa shape index (κ3) is 2.31. The minimum absolute atomic E-state index is 0.140. The van der Waals surface area contributed by atoms with E-state index in [0.717, 1.165) is 0 Å². The molecule has 0 aliphatic carbocycles. The Morgan fingerprint density at radius 2 is 2.37 bits per heavy atom. The number of carbonyl (C=O) groups excluding carboxylic acids is 1. The molecule has 1 aromatic rings. The Balaban J connectivity index is 2.20. The molecule has 102 valence electrons. The lowest BCUT2D eigenvalue weighted by Gasteiger charge is -2.33. The first-order valence-corrected chi connectivity index (χ1v) is 5.89. The molecule has 1 N–H and O–H groups in total. The van der Waals surface area contributed by atoms with Gasteiger partial charge < -0.3 is 14.4 Å². The molecule has 2 rings (SSSR count). The maximum atomic E-state index is 11.8. The van der Waals surface area contributed by atoms with Crippen LogP contribution in [0.4, 0.5) is 4.79 Å². The fraction of sp³-hybridized carbons (Fsp3) is 0.417. The Kier molecular flexibility index (Phi) is 3.55. The highest BCUT2D eigenvalue weighted by Crippen LogP contribution is 2.25. The Morgan fingerprint density at radius 3 is 3.00 bits per heavy atom. The molecule has 1 aliphatic rings. The summed E-state index contributed by atoms with van der Waals surface area (Å²) < 4.78 is 6.60. The Hall–Kier alpha value is -2.31. The van der Waals surface area contributed by atoms with E-state index in [1.54, 1.807) is 11.5 Å². The van der Waals surface area contributed by atoms with E-state index in [9.17, 15) is 9.59 Å². The molecule has 1 atom stereocenters. The summed E-state index contributed by atoms with van der Waals surface area (Å²) in [5.74, 6) is -0.465. The summed E-state index contributed by atoms with van der Waals surface area (Å²) >= 11 is 0. The van der Waals surface area contributed by atoms with Gasteiger partial charge in [-0.2, -0.15) is 0 Å². The number of aromatic nitrogens is 2. The highest BCUT2D eigenvalue weighted by atomic mass is 16.6. The highest BCUT2D eigenvalue weighted by Gasteiger charge is 2.32. The first-order chi connectivity index (χ1) is 9.06. The van der Waals surface area contributed by atoms with Crippen LogP contribution < -0.4 is 0 Å². The quantitative estimate of drug-likeness (QED) is 0.832. The minimum Gasteiger partial charge on any atom is -0.477 e. The number of carboxylic acid groups (broad SMARTS) is 1. The first-order valence-electron chi connectivity index (χ1n) is 5.89. The van der Waals surface area contributed by atoms with Gasteiger partial charge in [-0.25, -0.2) is 14.6 Å². The van der Waals surface area contributed by atoms with Crippen molar-refractivity contribution in [1.29, 1.82) is 0 Å². The molecule has 0 saturated heterocycles. The van der Waals surface area contributed by atoms with E-state index < -0.39 is 12.1 Å². The van der Waals surface area contributed by atoms with Crippen molar-refractivity contribution in [1.82, 2.24) is 14.5 Å². The van der Waals surface area contributed by atoms with Gasteiger partial charge in [-0.1, -0.05) is 12.7 Å². The van der Waals surface area contributed by atoms with E-state index >= 15 is 0 Å². The molecule has 1 unspecified atom stereocenters. The smallest absolute Gasteiger partial charge is 0.410 e. The second-order valence-electron chi connectivity index (χ2n) is 4.19. The SMILES string of the molecule is C=CCOC(=O)N1CCn2c(C(=O)O)cnc2C1C. The molecule has 19 heavy (non-hydrogen) atoms. The van der Waals surface area contributed by atoms with Gasteiger partial charge in [0.15, 0.2) is 0 Å². The van der Waals surface area contributed by atoms with Gasteiger partial charge in [0.05, 0.1) is 12.2 Å². The molecule has 0 bridgehead atoms. The second-order valence-corrected chi connectivity index (χ2v) is 4.19. The van der Waals surface area contributed by atoms with Gasteiger partial charge >= 0.3 is 12.1 Å². The van der Waals surface area contributed by atoms with Crippen molar-refractivity contribution in [2.45, 2.75) is 19.5 Å². The third-order valence-corrected chi connectivity index (χ3v) is 3.07. The molecule has 0 radical (unpaired) electrons. The largest absolute Gasteiger partial charge is 0.477 e. The van der Waals surface area contributed by atoms with E-state index in [0.29, 0.717) is 18.9 Å². The molecule has 1 amide bonds. The van der Waals surface area contributed by atoms with Crippen molar-refractivity contribution >= 4 is 12.1 Å². The predicted molar refractivity (Wildman–Crippen MR) is 65.9 cm³/mol. The van der Waals surface area contributed by atoms with Crippen molar-refractivity contribution < 1.29 is 19.4 Å². The van der Waals surface area contributed by atoms with Crippen molar-refractivity contribution in [3.63, 3.8) is 0 Å². The zero-order valence-electron chi connectivity index (χ0n) is 10.6. The molecular weight excluding hydrogens is 250 g/mol. The van der Waals surface area contributed by atoms with E-state index in [1.165, 1.54) is 17.2 Å². The van der Waals surface area contributed by atoms with Crippen LogP contribution in [0.25, 0.3) is 0 Å². The van der Waals surface area contributed by atoms with Gasteiger partial charge in [0, 0.05) is 13.1 Å². The molecule has 7 heteroatoms. The maximum Gasteiger partial charge on any atom is 0.410 e. The highest BCUT2D eigenvalue weighted by molar-refractivity contribution is 5.85. The number of hydrogen-bond acceptors (Lipinski definition) is 4. The normalized spacial score (nSPS) is 17.7. The third-order valence-electron chi connectivity index (χ3n) is 3.07. The van der Waals surface area contributed by atoms with E-state index in [2.05, 4.69) is 11.6 Å². The van der Waals surface area contributed by atoms with Crippen molar-refractivity contribution in [3.8, 4) is 0 Å². The Morgan fingerprint density at radius 1 is 1.63 bits per heavy atom. The second kappa shape index (κ2) is 5.13. The lowest BCUT2D eigenvalue weighted by atomic mass is 10.2. The average Bonchev–Trinajstić information content (AvgIpc) is 2.81. The monoisotopic (exact) mass is 265 g/mol. The number of carboxylic acids is 1. The molecular formula is C12H15N3O4. The van der Waals surface area contributed by atoms with Gasteiger partial charge in [-0.05, 0) is 6.92 Å². The van der Waals surface area contributed by atoms with Crippen molar-refractivity contribution in [3.05, 3.63) is 30.4 Å². The van der Waals surface area contributed by atoms with Crippen LogP contribution in [0.5, 0.6) is 0 Å². The number of aromatic carboxylic acids is 1. The van der Waals surface area contributed by atoms with Crippen LogP contribution >= 0.6 is 0 Å². The Labute approximate surface area is 110 Å². The Bertz CT molecular complexity index is 523. The predicted octanol–water partition coefficient (Wildman–Crippen LogP) is 1.28. The number of imidazole rings is 1. The number of fused-ring (bicyclic) bond motifs is 1. The topological polar surface area (TPSA) is 84.7 Å². The molecule has 0 spiro atoms. The number of hydrogen-bond donors (Lipinski definition) is 1. The van der Waals surface area contributed by atoms with Gasteiger partial charge in [-0.15, -0.1) is 0 Å². The van der Waals surface area contributed by atoms with Gasteiger partial charge in [0.1, 0.15) is 18.1 Å². The summed E-state index contributed by atoms with van der Waals surface area (Å²) in [6.45, 7) is 6.20. The summed E-state index contributed by atoms with van der Waals surface area (Å²) in [4.78, 5) is 28.5. The summed E-state index contributed by atoms with van der Waals surface area (Å²) in [6, 6.07) is -0.320. The molecule has 0 aromatic carbocycles. The zero-order valence-corrected chi connectivity index (χ0v) is 10.6. The van der Waals surface area contributed by atoms with Crippen LogP contribution in [0.2, 0.25) is 0 Å². The van der Waals surface area contributed by atoms with Crippen LogP contribution in [-0.2, 0) is 11.3 Å². The van der Waals surface area contributed by atoms with E-state index in [-0.39, 0.29) is 18.3 Å². The average molecular weight is 265 g/mol. The van der Waals surface area contributed by atoms with Crippen LogP contribution in [0.15, 0.2) is 18.9 Å². The molecule has 1 aromatic heterocycles. The summed E-state index contributed by atoms with van der Waals surface area (Å²) in [7, 11) is 0. The van der Waals surface area contributed by atoms with E-state index in [1.807, 2.05) is 0 Å². The lowest BCUT2D eigenvalue weighted by molar-refractivity contribution is 0.0674. The van der Waals surface area contributed by atoms with Gasteiger partial charge in [0.25, 0.3) is 0 Å². The van der Waals surface area contributed by atoms with Crippen molar-refractivity contribution in [2.75, 3.05) is 13.2 Å². The fourth-order valence-corrected chi connectivity index (χ4v) is 2.13. The summed E-state index contributed by atoms with van der Waals surface area (Å²) in [5.41, 5.74) is 0.140. The standard InChI is InChI=1S/C12H15N3O4/c1-3-6-19-12(18)14-4-5-15-9(11(16)17)7-13-10(15)8(14)2/h3,7-8H,1,4-6H2,2H3,(H,16,17). The number of carbonyl (C=O) groups is 2. The number of ether oxygens (including phenoxy) is 1. The summed E-state index contributed by atoms with van der Waals surface area (Å²) in [6.07, 6.45) is 2.36. The lowest BCUT2D eigenvalue weighted by Crippen LogP contribution is -2.42. The minimum atomic E-state index is -1.02. The summed E-state index contributed by atoms with van der Waals surface area (Å²) in [5, 5.41) is 9.03. The number of rotatable bonds is 3. The zero-order chi connectivity index (χ0) is 14.0. The van der Waals surface area contributed by atoms with Crippen molar-refractivity contribution in [2.24, 2.45) is 0 Å². The molecule has 7 nitrogen and oxygen atoms in total. The van der Waals surface area contributed by atoms with Gasteiger partial charge in [0.2, 0.25) is 0 Å². The van der Waals surface area contributed by atoms with Crippen LogP contribution in [0, 0.1) is 0 Å². The fourth-order valence-electron chi connectivity index (χ4n) is 2.13. The molecule has 1 aliphatic heterocycles. The number of nitrogens with zero attached hydrogens (tertiary/aromatic N) is 3. The molecule has 2 heterocycles. The van der Waals surface area contributed by atoms with Crippen LogP contribution in [-0.4, -0.2) is 44.8 Å². The number of amides is 1. The van der Waals surface area contributed by atoms with Crippen LogP contribution in [0.3, 0.4) is 0 Å².